The number of aromatic nitrogens is 5. The van der Waals surface area contributed by atoms with Crippen molar-refractivity contribution in [1.29, 1.82) is 0 Å². The van der Waals surface area contributed by atoms with E-state index in [1.54, 1.807) is 0 Å². The fourth-order valence-electron chi connectivity index (χ4n) is 5.66. The lowest BCUT2D eigenvalue weighted by Gasteiger charge is -2.41. The minimum atomic E-state index is -0.339. The number of nitrogens with one attached hydrogen (secondary N) is 1. The zero-order valence-corrected chi connectivity index (χ0v) is 20.8. The van der Waals surface area contributed by atoms with Gasteiger partial charge in [0.15, 0.2) is 17.0 Å². The molecule has 0 bridgehead atoms. The van der Waals surface area contributed by atoms with Gasteiger partial charge in [-0.25, -0.2) is 9.97 Å². The topological polar surface area (TPSA) is 109 Å². The number of para-hydroxylation sites is 1. The van der Waals surface area contributed by atoms with Crippen molar-refractivity contribution in [1.82, 2.24) is 25.1 Å². The molecule has 1 spiro atoms. The number of nitrogens with zero attached hydrogens (tertiary/aromatic N) is 6. The van der Waals surface area contributed by atoms with Crippen LogP contribution in [0.3, 0.4) is 0 Å². The molecule has 1 unspecified atom stereocenters. The second-order valence-electron chi connectivity index (χ2n) is 9.37. The first kappa shape index (κ1) is 22.7. The standard InChI is InChI=1S/C25H26N8O.C2H6/c26-22-16-5-1-2-8-19(16)34-25(22)9-13-32(14-10-25)20-15-28-21-23(29-20)30-31-24(21)33-12-4-6-17-18(33)7-3-11-27-17;1-2/h1-3,5,7-8,11,15,22H,4,6,9-10,12-14,26H2,(H,29,30,31);1-2H3. The van der Waals surface area contributed by atoms with E-state index in [0.717, 1.165) is 85.2 Å². The Balaban J connectivity index is 0.00000117. The second kappa shape index (κ2) is 9.05. The van der Waals surface area contributed by atoms with Crippen LogP contribution in [0, 0.1) is 0 Å². The Kier molecular flexibility index (Phi) is 5.72. The lowest BCUT2D eigenvalue weighted by Crippen LogP contribution is -2.51. The average molecular weight is 485 g/mol. The molecule has 6 heterocycles. The summed E-state index contributed by atoms with van der Waals surface area (Å²) in [5.74, 6) is 2.58. The quantitative estimate of drug-likeness (QED) is 0.434. The molecule has 9 nitrogen and oxygen atoms in total. The Hall–Kier alpha value is -3.72. The fourth-order valence-corrected chi connectivity index (χ4v) is 5.66. The number of benzene rings is 1. The molecule has 1 aromatic carbocycles. The number of hydrogen-bond donors (Lipinski definition) is 2. The number of fused-ring (bicyclic) bond motifs is 3. The average Bonchev–Trinajstić information content (AvgIpc) is 3.48. The summed E-state index contributed by atoms with van der Waals surface area (Å²) >= 11 is 0. The third-order valence-corrected chi connectivity index (χ3v) is 7.52. The maximum absolute atomic E-state index is 6.63. The van der Waals surface area contributed by atoms with Gasteiger partial charge < -0.3 is 20.3 Å². The molecule has 0 aliphatic carbocycles. The molecule has 0 amide bonds. The Labute approximate surface area is 210 Å². The third-order valence-electron chi connectivity index (χ3n) is 7.52. The largest absolute Gasteiger partial charge is 0.485 e. The number of H-pyrrole nitrogens is 1. The van der Waals surface area contributed by atoms with E-state index >= 15 is 0 Å². The molecular weight excluding hydrogens is 452 g/mol. The number of aromatic amines is 1. The van der Waals surface area contributed by atoms with Gasteiger partial charge in [-0.3, -0.25) is 10.1 Å². The van der Waals surface area contributed by atoms with Crippen LogP contribution in [0.25, 0.3) is 11.2 Å². The number of piperidine rings is 1. The van der Waals surface area contributed by atoms with Gasteiger partial charge >= 0.3 is 0 Å². The Bertz CT molecular complexity index is 1380. The molecule has 0 radical (unpaired) electrons. The molecule has 7 rings (SSSR count). The summed E-state index contributed by atoms with van der Waals surface area (Å²) in [6, 6.07) is 12.1. The van der Waals surface area contributed by atoms with Gasteiger partial charge in [-0.05, 0) is 31.0 Å². The number of pyridine rings is 1. The minimum Gasteiger partial charge on any atom is -0.485 e. The van der Waals surface area contributed by atoms with Gasteiger partial charge in [0, 0.05) is 44.2 Å². The summed E-state index contributed by atoms with van der Waals surface area (Å²) < 4.78 is 6.39. The summed E-state index contributed by atoms with van der Waals surface area (Å²) in [6.45, 7) is 6.51. The van der Waals surface area contributed by atoms with Crippen LogP contribution in [-0.4, -0.2) is 50.4 Å². The molecule has 0 saturated carbocycles. The first-order valence-corrected chi connectivity index (χ1v) is 12.9. The minimum absolute atomic E-state index is 0.100. The van der Waals surface area contributed by atoms with E-state index in [9.17, 15) is 0 Å². The molecule has 3 N–H and O–H groups in total. The predicted octanol–water partition coefficient (Wildman–Crippen LogP) is 4.29. The van der Waals surface area contributed by atoms with E-state index in [4.69, 9.17) is 20.4 Å². The summed E-state index contributed by atoms with van der Waals surface area (Å²) in [4.78, 5) is 18.7. The van der Waals surface area contributed by atoms with E-state index in [1.807, 2.05) is 50.5 Å². The molecule has 4 aromatic rings. The lowest BCUT2D eigenvalue weighted by molar-refractivity contribution is 0.0431. The van der Waals surface area contributed by atoms with E-state index < -0.39 is 0 Å². The predicted molar refractivity (Wildman–Crippen MR) is 141 cm³/mol. The van der Waals surface area contributed by atoms with Crippen LogP contribution in [0.15, 0.2) is 48.8 Å². The Morgan fingerprint density at radius 3 is 2.72 bits per heavy atom. The molecule has 36 heavy (non-hydrogen) atoms. The van der Waals surface area contributed by atoms with Gasteiger partial charge in [-0.1, -0.05) is 32.0 Å². The number of anilines is 3. The molecule has 9 heteroatoms. The number of nitrogens with two attached hydrogens (primary N) is 1. The zero-order chi connectivity index (χ0) is 24.7. The van der Waals surface area contributed by atoms with Crippen molar-refractivity contribution in [2.24, 2.45) is 5.73 Å². The fraction of sp³-hybridized carbons (Fsp3) is 0.407. The van der Waals surface area contributed by atoms with Crippen molar-refractivity contribution in [2.45, 2.75) is 51.2 Å². The molecular formula is C27H32N8O. The van der Waals surface area contributed by atoms with Crippen molar-refractivity contribution in [2.75, 3.05) is 29.4 Å². The molecule has 186 valence electrons. The van der Waals surface area contributed by atoms with Crippen LogP contribution in [0.4, 0.5) is 17.3 Å². The van der Waals surface area contributed by atoms with Gasteiger partial charge in [0.1, 0.15) is 17.2 Å². The highest BCUT2D eigenvalue weighted by molar-refractivity contribution is 5.87. The molecule has 3 aliphatic rings. The van der Waals surface area contributed by atoms with Gasteiger partial charge in [0.25, 0.3) is 0 Å². The summed E-state index contributed by atoms with van der Waals surface area (Å²) in [5, 5.41) is 7.69. The highest BCUT2D eigenvalue weighted by Gasteiger charge is 2.48. The number of rotatable bonds is 2. The van der Waals surface area contributed by atoms with E-state index in [-0.39, 0.29) is 11.6 Å². The van der Waals surface area contributed by atoms with Crippen LogP contribution in [0.1, 0.15) is 50.4 Å². The molecule has 1 saturated heterocycles. The van der Waals surface area contributed by atoms with Gasteiger partial charge in [-0.15, -0.1) is 0 Å². The molecule has 1 atom stereocenters. The van der Waals surface area contributed by atoms with Crippen LogP contribution >= 0.6 is 0 Å². The van der Waals surface area contributed by atoms with Crippen molar-refractivity contribution < 1.29 is 4.74 Å². The smallest absolute Gasteiger partial charge is 0.183 e. The first-order valence-electron chi connectivity index (χ1n) is 12.9. The van der Waals surface area contributed by atoms with Crippen molar-refractivity contribution in [3.63, 3.8) is 0 Å². The van der Waals surface area contributed by atoms with Gasteiger partial charge in [0.05, 0.1) is 23.6 Å². The van der Waals surface area contributed by atoms with Gasteiger partial charge in [0.2, 0.25) is 0 Å². The SMILES string of the molecule is CC.NC1c2ccccc2OC12CCN(c1cnc3c(N4CCCc5ncccc54)n[nH]c3n1)CC2. The highest BCUT2D eigenvalue weighted by atomic mass is 16.5. The molecule has 3 aromatic heterocycles. The van der Waals surface area contributed by atoms with Crippen LogP contribution in [0.2, 0.25) is 0 Å². The maximum Gasteiger partial charge on any atom is 0.183 e. The highest BCUT2D eigenvalue weighted by Crippen LogP contribution is 2.47. The number of hydrogen-bond acceptors (Lipinski definition) is 8. The van der Waals surface area contributed by atoms with E-state index in [0.29, 0.717) is 5.65 Å². The first-order chi connectivity index (χ1) is 17.7. The molecule has 3 aliphatic heterocycles. The second-order valence-corrected chi connectivity index (χ2v) is 9.37. The molecule has 1 fully saturated rings. The van der Waals surface area contributed by atoms with Crippen LogP contribution < -0.4 is 20.3 Å². The van der Waals surface area contributed by atoms with Crippen molar-refractivity contribution >= 4 is 28.5 Å². The van der Waals surface area contributed by atoms with Crippen LogP contribution in [0.5, 0.6) is 5.75 Å². The Morgan fingerprint density at radius 2 is 1.89 bits per heavy atom. The number of ether oxygens (including phenoxy) is 1. The maximum atomic E-state index is 6.63. The van der Waals surface area contributed by atoms with E-state index in [2.05, 4.69) is 37.1 Å². The van der Waals surface area contributed by atoms with Crippen LogP contribution in [-0.2, 0) is 6.42 Å². The third kappa shape index (κ3) is 3.57. The van der Waals surface area contributed by atoms with E-state index in [1.165, 1.54) is 0 Å². The summed E-state index contributed by atoms with van der Waals surface area (Å²) in [5.41, 5.74) is 11.1. The monoisotopic (exact) mass is 484 g/mol. The van der Waals surface area contributed by atoms with Gasteiger partial charge in [-0.2, -0.15) is 5.10 Å². The van der Waals surface area contributed by atoms with Crippen molar-refractivity contribution in [3.05, 3.63) is 60.0 Å². The number of aryl methyl sites for hydroxylation is 1. The lowest BCUT2D eigenvalue weighted by atomic mass is 9.83. The summed E-state index contributed by atoms with van der Waals surface area (Å²) in [6.07, 6.45) is 7.41. The normalized spacial score (nSPS) is 19.9. The summed E-state index contributed by atoms with van der Waals surface area (Å²) in [7, 11) is 0. The van der Waals surface area contributed by atoms with Crippen molar-refractivity contribution in [3.8, 4) is 5.75 Å². The Morgan fingerprint density at radius 1 is 1.06 bits per heavy atom. The zero-order valence-electron chi connectivity index (χ0n) is 20.8.